The summed E-state index contributed by atoms with van der Waals surface area (Å²) in [6.45, 7) is 0.348. The van der Waals surface area contributed by atoms with Gasteiger partial charge in [-0.2, -0.15) is 5.10 Å². The van der Waals surface area contributed by atoms with Crippen LogP contribution in [0.2, 0.25) is 0 Å². The van der Waals surface area contributed by atoms with Crippen molar-refractivity contribution in [3.8, 4) is 5.69 Å². The van der Waals surface area contributed by atoms with Crippen LogP contribution >= 0.6 is 15.9 Å². The van der Waals surface area contributed by atoms with Gasteiger partial charge >= 0.3 is 0 Å². The zero-order valence-corrected chi connectivity index (χ0v) is 12.7. The van der Waals surface area contributed by atoms with Crippen LogP contribution in [0.3, 0.4) is 0 Å². The van der Waals surface area contributed by atoms with Gasteiger partial charge in [0.25, 0.3) is 0 Å². The van der Waals surface area contributed by atoms with Crippen molar-refractivity contribution >= 4 is 33.4 Å². The molecule has 0 bridgehead atoms. The number of hydrogen-bond acceptors (Lipinski definition) is 3. The highest BCUT2D eigenvalue weighted by Gasteiger charge is 2.33. The lowest BCUT2D eigenvalue weighted by Gasteiger charge is -2.16. The minimum atomic E-state index is -0.427. The molecule has 1 aliphatic rings. The molecule has 1 aromatic carbocycles. The molecular weight excluding hydrogens is 336 g/mol. The summed E-state index contributed by atoms with van der Waals surface area (Å²) in [5.74, 6) is -0.906. The number of carbonyl (C=O) groups excluding carboxylic acids is 2. The van der Waals surface area contributed by atoms with Crippen LogP contribution in [-0.4, -0.2) is 28.1 Å². The lowest BCUT2D eigenvalue weighted by Crippen LogP contribution is -2.28. The Morgan fingerprint density at radius 3 is 2.48 bits per heavy atom. The maximum absolute atomic E-state index is 11.9. The summed E-state index contributed by atoms with van der Waals surface area (Å²) in [6, 6.07) is 7.43. The molecule has 2 heterocycles. The molecule has 21 heavy (non-hydrogen) atoms. The zero-order valence-electron chi connectivity index (χ0n) is 11.1. The Hall–Kier alpha value is -2.15. The first kappa shape index (κ1) is 13.8. The number of hydrogen-bond donors (Lipinski definition) is 1. The van der Waals surface area contributed by atoms with E-state index in [9.17, 15) is 9.59 Å². The van der Waals surface area contributed by atoms with Crippen LogP contribution in [0.5, 0.6) is 0 Å². The van der Waals surface area contributed by atoms with E-state index in [1.807, 2.05) is 30.5 Å². The van der Waals surface area contributed by atoms with Gasteiger partial charge in [0.1, 0.15) is 0 Å². The predicted octanol–water partition coefficient (Wildman–Crippen LogP) is 1.47. The van der Waals surface area contributed by atoms with Crippen LogP contribution in [-0.2, 0) is 9.59 Å². The number of benzene rings is 1. The molecule has 0 saturated carbocycles. The fourth-order valence-electron chi connectivity index (χ4n) is 2.38. The first-order valence-corrected chi connectivity index (χ1v) is 7.24. The van der Waals surface area contributed by atoms with Gasteiger partial charge in [0, 0.05) is 24.8 Å². The first-order valence-electron chi connectivity index (χ1n) is 6.45. The molecule has 2 amide bonds. The van der Waals surface area contributed by atoms with E-state index in [1.54, 1.807) is 15.8 Å². The SMILES string of the molecule is NC(=O)C1CC(=O)N(c2ccc(-n3cc(Br)cn3)cc2)C1. The summed E-state index contributed by atoms with van der Waals surface area (Å²) in [4.78, 5) is 24.7. The third-order valence-corrected chi connectivity index (χ3v) is 3.91. The maximum atomic E-state index is 11.9. The first-order chi connectivity index (χ1) is 10.0. The molecular formula is C14H13BrN4O2. The van der Waals surface area contributed by atoms with Crippen molar-refractivity contribution in [1.82, 2.24) is 9.78 Å². The Labute approximate surface area is 129 Å². The third kappa shape index (κ3) is 2.69. The quantitative estimate of drug-likeness (QED) is 0.911. The second-order valence-electron chi connectivity index (χ2n) is 4.93. The molecule has 1 aromatic heterocycles. The topological polar surface area (TPSA) is 81.2 Å². The van der Waals surface area contributed by atoms with Crippen LogP contribution in [0.4, 0.5) is 5.69 Å². The normalized spacial score (nSPS) is 18.2. The Morgan fingerprint density at radius 1 is 1.29 bits per heavy atom. The largest absolute Gasteiger partial charge is 0.369 e. The van der Waals surface area contributed by atoms with Gasteiger partial charge in [-0.05, 0) is 40.2 Å². The fourth-order valence-corrected chi connectivity index (χ4v) is 2.66. The van der Waals surface area contributed by atoms with Crippen molar-refractivity contribution in [3.05, 3.63) is 41.1 Å². The Kier molecular flexibility index (Phi) is 3.50. The van der Waals surface area contributed by atoms with E-state index in [1.165, 1.54) is 0 Å². The summed E-state index contributed by atoms with van der Waals surface area (Å²) < 4.78 is 2.62. The summed E-state index contributed by atoms with van der Waals surface area (Å²) in [5.41, 5.74) is 6.92. The van der Waals surface area contributed by atoms with Gasteiger partial charge in [0.15, 0.2) is 0 Å². The number of rotatable bonds is 3. The van der Waals surface area contributed by atoms with Crippen molar-refractivity contribution in [2.45, 2.75) is 6.42 Å². The van der Waals surface area contributed by atoms with Crippen molar-refractivity contribution in [3.63, 3.8) is 0 Å². The van der Waals surface area contributed by atoms with Crippen LogP contribution in [0.1, 0.15) is 6.42 Å². The van der Waals surface area contributed by atoms with Crippen molar-refractivity contribution in [2.75, 3.05) is 11.4 Å². The van der Waals surface area contributed by atoms with Crippen LogP contribution in [0, 0.1) is 5.92 Å². The molecule has 1 aliphatic heterocycles. The molecule has 2 N–H and O–H groups in total. The summed E-state index contributed by atoms with van der Waals surface area (Å²) in [6.07, 6.45) is 3.73. The van der Waals surface area contributed by atoms with Gasteiger partial charge in [-0.15, -0.1) is 0 Å². The highest BCUT2D eigenvalue weighted by Crippen LogP contribution is 2.26. The molecule has 0 spiro atoms. The fraction of sp³-hybridized carbons (Fsp3) is 0.214. The van der Waals surface area contributed by atoms with Gasteiger partial charge in [-0.3, -0.25) is 9.59 Å². The highest BCUT2D eigenvalue weighted by atomic mass is 79.9. The number of nitrogens with zero attached hydrogens (tertiary/aromatic N) is 3. The van der Waals surface area contributed by atoms with Crippen molar-refractivity contribution in [2.24, 2.45) is 11.7 Å². The lowest BCUT2D eigenvalue weighted by molar-refractivity contribution is -0.123. The molecule has 0 radical (unpaired) electrons. The standard InChI is InChI=1S/C14H13BrN4O2/c15-10-6-17-19(8-10)12-3-1-11(2-4-12)18-7-9(14(16)21)5-13(18)20/h1-4,6,8-9H,5,7H2,(H2,16,21). The molecule has 1 unspecified atom stereocenters. The molecule has 2 aromatic rings. The Bertz CT molecular complexity index is 695. The minimum Gasteiger partial charge on any atom is -0.369 e. The number of halogens is 1. The average molecular weight is 349 g/mol. The smallest absolute Gasteiger partial charge is 0.227 e. The highest BCUT2D eigenvalue weighted by molar-refractivity contribution is 9.10. The van der Waals surface area contributed by atoms with Gasteiger partial charge in [-0.25, -0.2) is 4.68 Å². The number of amides is 2. The van der Waals surface area contributed by atoms with E-state index in [2.05, 4.69) is 21.0 Å². The summed E-state index contributed by atoms with van der Waals surface area (Å²) in [5, 5.41) is 4.19. The lowest BCUT2D eigenvalue weighted by atomic mass is 10.1. The number of primary amides is 1. The average Bonchev–Trinajstić information content (AvgIpc) is 3.05. The molecule has 7 heteroatoms. The van der Waals surface area contributed by atoms with Crippen LogP contribution in [0.25, 0.3) is 5.69 Å². The molecule has 6 nitrogen and oxygen atoms in total. The third-order valence-electron chi connectivity index (χ3n) is 3.50. The Morgan fingerprint density at radius 2 is 1.95 bits per heavy atom. The zero-order chi connectivity index (χ0) is 15.0. The van der Waals surface area contributed by atoms with E-state index >= 15 is 0 Å². The van der Waals surface area contributed by atoms with E-state index in [0.29, 0.717) is 6.54 Å². The number of aromatic nitrogens is 2. The van der Waals surface area contributed by atoms with Gasteiger partial charge in [-0.1, -0.05) is 0 Å². The van der Waals surface area contributed by atoms with E-state index in [0.717, 1.165) is 15.8 Å². The maximum Gasteiger partial charge on any atom is 0.227 e. The molecule has 3 rings (SSSR count). The van der Waals surface area contributed by atoms with Gasteiger partial charge in [0.2, 0.25) is 11.8 Å². The predicted molar refractivity (Wildman–Crippen MR) is 80.9 cm³/mol. The number of anilines is 1. The molecule has 1 saturated heterocycles. The van der Waals surface area contributed by atoms with E-state index < -0.39 is 11.8 Å². The van der Waals surface area contributed by atoms with Gasteiger partial charge in [0.05, 0.1) is 22.3 Å². The monoisotopic (exact) mass is 348 g/mol. The minimum absolute atomic E-state index is 0.0756. The van der Waals surface area contributed by atoms with Crippen LogP contribution < -0.4 is 10.6 Å². The number of carbonyl (C=O) groups is 2. The second kappa shape index (κ2) is 5.33. The van der Waals surface area contributed by atoms with Crippen LogP contribution in [0.15, 0.2) is 41.1 Å². The molecule has 108 valence electrons. The molecule has 0 aliphatic carbocycles. The molecule has 1 atom stereocenters. The van der Waals surface area contributed by atoms with Gasteiger partial charge < -0.3 is 10.6 Å². The summed E-state index contributed by atoms with van der Waals surface area (Å²) >= 11 is 3.35. The summed E-state index contributed by atoms with van der Waals surface area (Å²) in [7, 11) is 0. The van der Waals surface area contributed by atoms with Crippen molar-refractivity contribution < 1.29 is 9.59 Å². The van der Waals surface area contributed by atoms with E-state index in [-0.39, 0.29) is 12.3 Å². The number of nitrogens with two attached hydrogens (primary N) is 1. The Balaban J connectivity index is 1.81. The van der Waals surface area contributed by atoms with Crippen molar-refractivity contribution in [1.29, 1.82) is 0 Å². The van der Waals surface area contributed by atoms with E-state index in [4.69, 9.17) is 5.73 Å². The second-order valence-corrected chi connectivity index (χ2v) is 5.84. The molecule has 1 fully saturated rings.